The van der Waals surface area contributed by atoms with Crippen LogP contribution in [0.2, 0.25) is 0 Å². The summed E-state index contributed by atoms with van der Waals surface area (Å²) in [5, 5.41) is 14.5. The third kappa shape index (κ3) is 29.6. The Morgan fingerprint density at radius 2 is 0.892 bits per heavy atom. The number of carbonyl (C=O) groups is 11. The number of piperidine rings is 2. The number of methoxy groups -OCH3 is 2. The average molecular weight is 1540 g/mol. The first-order valence-corrected chi connectivity index (χ1v) is 38.9. The molecule has 0 spiro atoms. The summed E-state index contributed by atoms with van der Waals surface area (Å²) in [5.74, 6) is -4.84. The Bertz CT molecular complexity index is 3790. The number of guanidine groups is 1. The Morgan fingerprint density at radius 1 is 0.514 bits per heavy atom. The minimum absolute atomic E-state index is 0.0687. The zero-order valence-corrected chi connectivity index (χ0v) is 65.6. The summed E-state index contributed by atoms with van der Waals surface area (Å²) >= 11 is 0. The van der Waals surface area contributed by atoms with Gasteiger partial charge in [-0.1, -0.05) is 154 Å². The average Bonchev–Trinajstić information content (AvgIpc) is 1.80. The van der Waals surface area contributed by atoms with E-state index in [2.05, 4.69) is 36.6 Å². The van der Waals surface area contributed by atoms with E-state index in [0.29, 0.717) is 56.8 Å². The molecule has 7 amide bonds. The van der Waals surface area contributed by atoms with Gasteiger partial charge in [-0.2, -0.15) is 0 Å². The number of ketones is 2. The lowest BCUT2D eigenvalue weighted by molar-refractivity contribution is -0.153. The van der Waals surface area contributed by atoms with Crippen molar-refractivity contribution in [2.75, 3.05) is 53.5 Å². The number of nitrogens with zero attached hydrogens (tertiary/aromatic N) is 4. The highest BCUT2D eigenvalue weighted by atomic mass is 16.6. The van der Waals surface area contributed by atoms with Gasteiger partial charge in [-0.15, -0.1) is 0 Å². The lowest BCUT2D eigenvalue weighted by Crippen LogP contribution is -2.63. The zero-order chi connectivity index (χ0) is 80.8. The predicted octanol–water partition coefficient (Wildman–Crippen LogP) is 5.36. The number of esters is 2. The summed E-state index contributed by atoms with van der Waals surface area (Å²) in [4.78, 5) is 161. The lowest BCUT2D eigenvalue weighted by Gasteiger charge is -2.41. The minimum Gasteiger partial charge on any atom is -0.468 e. The quantitative estimate of drug-likeness (QED) is 0.00883. The van der Waals surface area contributed by atoms with E-state index in [9.17, 15) is 52.7 Å². The van der Waals surface area contributed by atoms with Crippen molar-refractivity contribution in [1.29, 1.82) is 0 Å². The van der Waals surface area contributed by atoms with Crippen LogP contribution in [0.15, 0.2) is 131 Å². The molecule has 0 radical (unpaired) electrons. The van der Waals surface area contributed by atoms with Gasteiger partial charge in [0.25, 0.3) is 0 Å². The molecule has 28 heteroatoms. The first-order valence-electron chi connectivity index (χ1n) is 38.9. The van der Waals surface area contributed by atoms with Crippen molar-refractivity contribution in [3.8, 4) is 0 Å². The van der Waals surface area contributed by atoms with E-state index in [4.69, 9.17) is 42.9 Å². The highest BCUT2D eigenvalue weighted by molar-refractivity contribution is 5.97. The third-order valence-electron chi connectivity index (χ3n) is 20.7. The molecule has 8 atom stereocenters. The topological polar surface area (TPSA) is 437 Å². The van der Waals surface area contributed by atoms with E-state index in [1.165, 1.54) is 14.2 Å². The molecule has 4 aromatic rings. The van der Waals surface area contributed by atoms with E-state index in [1.807, 2.05) is 128 Å². The number of aliphatic imine (C=N–C) groups is 2. The summed E-state index contributed by atoms with van der Waals surface area (Å²) in [6, 6.07) is 33.4. The van der Waals surface area contributed by atoms with E-state index in [1.54, 1.807) is 37.5 Å². The third-order valence-corrected chi connectivity index (χ3v) is 20.7. The lowest BCUT2D eigenvalue weighted by atomic mass is 9.87. The van der Waals surface area contributed by atoms with Crippen molar-refractivity contribution < 1.29 is 67.0 Å². The number of hydrogen-bond acceptors (Lipinski definition) is 18. The molecule has 604 valence electrons. The summed E-state index contributed by atoms with van der Waals surface area (Å²) < 4.78 is 15.3. The van der Waals surface area contributed by atoms with Gasteiger partial charge in [0.15, 0.2) is 17.5 Å². The van der Waals surface area contributed by atoms with Gasteiger partial charge in [0.05, 0.1) is 38.2 Å². The van der Waals surface area contributed by atoms with Crippen LogP contribution in [0.3, 0.4) is 0 Å². The number of amidine groups is 1. The number of likely N-dealkylation sites (tertiary alicyclic amines) is 2. The van der Waals surface area contributed by atoms with E-state index < -0.39 is 100 Å². The van der Waals surface area contributed by atoms with Crippen LogP contribution in [0.5, 0.6) is 0 Å². The number of ether oxygens (including phenoxy) is 3. The largest absolute Gasteiger partial charge is 0.468 e. The van der Waals surface area contributed by atoms with Crippen LogP contribution in [-0.2, 0) is 87.8 Å². The molecule has 2 saturated carbocycles. The maximum absolute atomic E-state index is 14.3. The van der Waals surface area contributed by atoms with Gasteiger partial charge >= 0.3 is 18.0 Å². The van der Waals surface area contributed by atoms with Gasteiger partial charge in [0.1, 0.15) is 28.8 Å². The van der Waals surface area contributed by atoms with Gasteiger partial charge < -0.3 is 79.3 Å². The Labute approximate surface area is 652 Å². The predicted molar refractivity (Wildman–Crippen MR) is 422 cm³/mol. The second-order valence-electron chi connectivity index (χ2n) is 31.2. The van der Waals surface area contributed by atoms with Gasteiger partial charge in [-0.05, 0) is 152 Å². The van der Waals surface area contributed by atoms with Crippen LogP contribution in [0.4, 0.5) is 4.79 Å². The van der Waals surface area contributed by atoms with Crippen molar-refractivity contribution in [2.24, 2.45) is 68.2 Å². The number of amides is 7. The van der Waals surface area contributed by atoms with Crippen LogP contribution in [0.25, 0.3) is 0 Å². The Kier molecular flexibility index (Phi) is 34.1. The van der Waals surface area contributed by atoms with Crippen molar-refractivity contribution >= 4 is 76.8 Å². The van der Waals surface area contributed by atoms with Crippen LogP contribution in [-0.4, -0.2) is 187 Å². The first-order chi connectivity index (χ1) is 52.9. The van der Waals surface area contributed by atoms with Crippen molar-refractivity contribution in [3.05, 3.63) is 144 Å². The Hall–Kier alpha value is -10.1. The van der Waals surface area contributed by atoms with Gasteiger partial charge in [-0.25, -0.2) is 9.59 Å². The maximum atomic E-state index is 14.3. The Morgan fingerprint density at radius 3 is 1.28 bits per heavy atom. The molecule has 0 bridgehead atoms. The molecule has 0 unspecified atom stereocenters. The number of nitrogens with one attached hydrogen (secondary N) is 5. The molecule has 4 aromatic carbocycles. The van der Waals surface area contributed by atoms with E-state index in [0.717, 1.165) is 47.9 Å². The number of Topliss-reactive ketones (excluding diaryl/α,β-unsaturated/α-hetero) is 2. The number of hydrogen-bond donors (Lipinski definition) is 10. The molecule has 2 aliphatic carbocycles. The minimum atomic E-state index is -1.40. The number of benzene rings is 4. The van der Waals surface area contributed by atoms with Gasteiger partial charge in [-0.3, -0.25) is 53.1 Å². The number of alkyl carbamates (subject to hydrolysis) is 1. The van der Waals surface area contributed by atoms with E-state index in [-0.39, 0.29) is 138 Å². The Balaban J connectivity index is 0.000000311. The summed E-state index contributed by atoms with van der Waals surface area (Å²) in [5.41, 5.74) is 29.5. The summed E-state index contributed by atoms with van der Waals surface area (Å²) in [6.45, 7) is 9.89. The molecule has 0 aromatic heterocycles. The van der Waals surface area contributed by atoms with Crippen molar-refractivity contribution in [3.63, 3.8) is 0 Å². The number of nitrogens with two attached hydrogens (primary N) is 5. The van der Waals surface area contributed by atoms with E-state index >= 15 is 0 Å². The van der Waals surface area contributed by atoms with Crippen molar-refractivity contribution in [2.45, 2.75) is 210 Å². The molecule has 2 saturated heterocycles. The molecule has 2 heterocycles. The fourth-order valence-corrected chi connectivity index (χ4v) is 14.0. The molecular formula is C83H118N14O14. The molecular weight excluding hydrogens is 1420 g/mol. The van der Waals surface area contributed by atoms with Crippen LogP contribution < -0.4 is 55.3 Å². The highest BCUT2D eigenvalue weighted by Crippen LogP contribution is 2.38. The van der Waals surface area contributed by atoms with Gasteiger partial charge in [0, 0.05) is 69.9 Å². The normalized spacial score (nSPS) is 17.4. The van der Waals surface area contributed by atoms with Crippen LogP contribution >= 0.6 is 0 Å². The molecule has 4 aliphatic rings. The van der Waals surface area contributed by atoms with Crippen LogP contribution in [0.1, 0.15) is 160 Å². The van der Waals surface area contributed by atoms with Crippen molar-refractivity contribution in [1.82, 2.24) is 36.4 Å². The molecule has 28 nitrogen and oxygen atoms in total. The fraction of sp³-hybridized carbons (Fsp3) is 0.554. The maximum Gasteiger partial charge on any atom is 0.408 e. The highest BCUT2D eigenvalue weighted by Gasteiger charge is 2.47. The first kappa shape index (κ1) is 88.1. The SMILES string of the molecule is COC(=O)C1(N)CCN(C(=O)[C@@H](CCCN=C(N)N)NC(=O)[C@H](CC(=O)[C@@H](Cc2ccccc2)NC(=O)[C@H](N)Cc2ccccc2)CC2CC2)CC1.COC(=O)C1(NC(=O)OC(C)(C)C)CCN(C(=O)[C@@H](CCCN=C(C)N)NC(=O)[C@H](CC(=O)[C@@H](Cc2ccccc2)NC(=O)[C@H](C)Cc2ccccc2)CC2CC2)CC1. The second kappa shape index (κ2) is 42.9. The smallest absolute Gasteiger partial charge is 0.408 e. The van der Waals surface area contributed by atoms with Gasteiger partial charge in [0.2, 0.25) is 35.4 Å². The molecule has 111 heavy (non-hydrogen) atoms. The summed E-state index contributed by atoms with van der Waals surface area (Å²) in [7, 11) is 2.51. The van der Waals surface area contributed by atoms with Crippen LogP contribution in [0, 0.1) is 29.6 Å². The zero-order valence-electron chi connectivity index (χ0n) is 65.6. The number of carbonyl (C=O) groups excluding carboxylic acids is 11. The number of rotatable bonds is 39. The summed E-state index contributed by atoms with van der Waals surface area (Å²) in [6.07, 6.45) is 7.00. The monoisotopic (exact) mass is 1530 g/mol. The molecule has 2 aliphatic heterocycles. The molecule has 4 fully saturated rings. The fourth-order valence-electron chi connectivity index (χ4n) is 14.0. The standard InChI is InChI=1S/C45H64N6O8.C38H54N8O6/c1-30(26-32-14-9-7-10-15-32)39(53)49-37(28-33-16-11-8-12-17-33)38(52)29-35(27-34-19-20-34)40(54)48-36(18-13-23-47-31(2)46)41(55)51-24-21-45(22-25-51,42(56)58-6)50-43(57)59-44(3,4)5;1-52-36(51)38(42)16-19-46(20-17-38)35(50)30(13-8-18-43-37(40)41)44-33(48)28(21-27-14-15-27)24-32(47)31(23-26-11-6-3-7-12-26)45-34(49)29(39)22-25-9-4-2-5-10-25/h7-12,14-17,30,34-37H,13,18-29H2,1-6H3,(H2,46,47)(H,48,54)(H,49,53)(H,50,57);2-7,9-12,27-31H,8,13-24,39,42H2,1H3,(H,44,48)(H,45,49)(H4,40,41,43)/t30-,35+,36-,37-;28-,29+,30+,31+/m10/s1. The second-order valence-corrected chi connectivity index (χ2v) is 31.2. The molecule has 15 N–H and O–H groups in total. The molecule has 8 rings (SSSR count).